The highest BCUT2D eigenvalue weighted by Crippen LogP contribution is 2.50. The Hall–Kier alpha value is -4.21. The Kier molecular flexibility index (Phi) is 6.64. The summed E-state index contributed by atoms with van der Waals surface area (Å²) >= 11 is 0. The van der Waals surface area contributed by atoms with E-state index < -0.39 is 34.2 Å². The number of hydrogen-bond acceptors (Lipinski definition) is 7. The van der Waals surface area contributed by atoms with Gasteiger partial charge in [0.1, 0.15) is 11.9 Å². The van der Waals surface area contributed by atoms with E-state index in [-0.39, 0.29) is 16.2 Å². The predicted octanol–water partition coefficient (Wildman–Crippen LogP) is 4.33. The molecule has 8 nitrogen and oxygen atoms in total. The van der Waals surface area contributed by atoms with Gasteiger partial charge < -0.3 is 14.4 Å². The van der Waals surface area contributed by atoms with E-state index in [1.807, 2.05) is 31.2 Å². The molecular formula is C29H26N2O6S. The summed E-state index contributed by atoms with van der Waals surface area (Å²) in [5.41, 5.74) is 2.61. The zero-order chi connectivity index (χ0) is 27.0. The number of benzene rings is 3. The first kappa shape index (κ1) is 25.4. The highest BCUT2D eigenvalue weighted by molar-refractivity contribution is 7.89. The number of aryl methyl sites for hydroxylation is 1. The van der Waals surface area contributed by atoms with Gasteiger partial charge in [0, 0.05) is 6.20 Å². The Labute approximate surface area is 221 Å². The zero-order valence-corrected chi connectivity index (χ0v) is 21.9. The standard InChI is InChI=1S/C29H26N2O6S/c1-19-13-15-22(16-14-19)38(34,35)31-25(21-10-5-4-6-11-21)24(28(32)36-2)26(29(33)37-3)30-18-17-20-9-7-8-12-23(20)27(30)31/h4-18,25,27H,1-3H3/t25-,27-/m0/s1. The number of carbonyl (C=O) groups excluding carboxylic acids is 2. The van der Waals surface area contributed by atoms with Crippen LogP contribution in [0.5, 0.6) is 0 Å². The van der Waals surface area contributed by atoms with Gasteiger partial charge in [0.25, 0.3) is 0 Å². The van der Waals surface area contributed by atoms with E-state index in [0.717, 1.165) is 11.1 Å². The number of nitrogens with zero attached hydrogens (tertiary/aromatic N) is 2. The number of esters is 2. The third-order valence-corrected chi connectivity index (χ3v) is 8.56. The van der Waals surface area contributed by atoms with E-state index in [1.165, 1.54) is 23.4 Å². The van der Waals surface area contributed by atoms with Crippen molar-refractivity contribution in [2.75, 3.05) is 14.2 Å². The summed E-state index contributed by atoms with van der Waals surface area (Å²) < 4.78 is 40.6. The molecule has 194 valence electrons. The van der Waals surface area contributed by atoms with Gasteiger partial charge in [-0.05, 0) is 41.8 Å². The molecule has 0 spiro atoms. The molecular weight excluding hydrogens is 504 g/mol. The summed E-state index contributed by atoms with van der Waals surface area (Å²) in [6, 6.07) is 21.4. The number of ether oxygens (including phenoxy) is 2. The van der Waals surface area contributed by atoms with Gasteiger partial charge in [0.05, 0.1) is 30.7 Å². The second-order valence-electron chi connectivity index (χ2n) is 8.93. The maximum absolute atomic E-state index is 14.5. The fourth-order valence-corrected chi connectivity index (χ4v) is 6.67. The lowest BCUT2D eigenvalue weighted by Crippen LogP contribution is -2.52. The van der Waals surface area contributed by atoms with Crippen LogP contribution < -0.4 is 0 Å². The van der Waals surface area contributed by atoms with Crippen molar-refractivity contribution in [3.8, 4) is 0 Å². The largest absolute Gasteiger partial charge is 0.466 e. The normalized spacial score (nSPS) is 19.0. The van der Waals surface area contributed by atoms with Crippen molar-refractivity contribution in [3.05, 3.63) is 119 Å². The molecule has 9 heteroatoms. The first-order valence-corrected chi connectivity index (χ1v) is 13.3. The minimum Gasteiger partial charge on any atom is -0.466 e. The molecule has 2 heterocycles. The lowest BCUT2D eigenvalue weighted by molar-refractivity contribution is -0.143. The molecule has 0 fully saturated rings. The molecule has 0 saturated heterocycles. The lowest BCUT2D eigenvalue weighted by atomic mass is 9.89. The number of methoxy groups -OCH3 is 2. The van der Waals surface area contributed by atoms with Gasteiger partial charge in [0.15, 0.2) is 0 Å². The Balaban J connectivity index is 1.90. The topological polar surface area (TPSA) is 93.2 Å². The average Bonchev–Trinajstić information content (AvgIpc) is 2.95. The molecule has 2 atom stereocenters. The van der Waals surface area contributed by atoms with Crippen LogP contribution in [-0.2, 0) is 29.1 Å². The number of hydrogen-bond donors (Lipinski definition) is 0. The summed E-state index contributed by atoms with van der Waals surface area (Å²) in [6.45, 7) is 1.87. The van der Waals surface area contributed by atoms with Crippen LogP contribution >= 0.6 is 0 Å². The summed E-state index contributed by atoms with van der Waals surface area (Å²) in [7, 11) is -1.85. The van der Waals surface area contributed by atoms with Crippen molar-refractivity contribution in [3.63, 3.8) is 0 Å². The fraction of sp³-hybridized carbons (Fsp3) is 0.172. The van der Waals surface area contributed by atoms with Crippen molar-refractivity contribution in [1.82, 2.24) is 9.21 Å². The second-order valence-corrected chi connectivity index (χ2v) is 10.8. The molecule has 0 N–H and O–H groups in total. The predicted molar refractivity (Wildman–Crippen MR) is 141 cm³/mol. The van der Waals surface area contributed by atoms with Gasteiger partial charge >= 0.3 is 11.9 Å². The molecule has 0 aromatic heterocycles. The quantitative estimate of drug-likeness (QED) is 0.454. The van der Waals surface area contributed by atoms with E-state index in [1.54, 1.807) is 66.9 Å². The van der Waals surface area contributed by atoms with Crippen molar-refractivity contribution < 1.29 is 27.5 Å². The molecule has 0 aliphatic carbocycles. The van der Waals surface area contributed by atoms with Crippen molar-refractivity contribution in [2.45, 2.75) is 24.0 Å². The molecule has 38 heavy (non-hydrogen) atoms. The van der Waals surface area contributed by atoms with Crippen LogP contribution in [0.2, 0.25) is 0 Å². The third kappa shape index (κ3) is 4.09. The van der Waals surface area contributed by atoms with Crippen LogP contribution in [0, 0.1) is 6.92 Å². The summed E-state index contributed by atoms with van der Waals surface area (Å²) in [5.74, 6) is -1.62. The van der Waals surface area contributed by atoms with E-state index >= 15 is 0 Å². The Bertz CT molecular complexity index is 1560. The molecule has 0 unspecified atom stereocenters. The maximum Gasteiger partial charge on any atom is 0.355 e. The van der Waals surface area contributed by atoms with Crippen LogP contribution in [0.4, 0.5) is 0 Å². The molecule has 0 saturated carbocycles. The monoisotopic (exact) mass is 530 g/mol. The van der Waals surface area contributed by atoms with Crippen LogP contribution in [-0.4, -0.2) is 43.8 Å². The van der Waals surface area contributed by atoms with Gasteiger partial charge in [-0.1, -0.05) is 72.3 Å². The molecule has 0 amide bonds. The second kappa shape index (κ2) is 9.92. The van der Waals surface area contributed by atoms with Crippen molar-refractivity contribution >= 4 is 28.0 Å². The van der Waals surface area contributed by atoms with E-state index in [0.29, 0.717) is 11.1 Å². The SMILES string of the molecule is COC(=O)C1=C(C(=O)OC)N2C=Cc3ccccc3[C@@H]2N(S(=O)(=O)c2ccc(C)cc2)[C@H]1c1ccccc1. The molecule has 5 rings (SSSR count). The molecule has 2 aliphatic heterocycles. The highest BCUT2D eigenvalue weighted by Gasteiger charge is 2.53. The molecule has 3 aromatic rings. The lowest BCUT2D eigenvalue weighted by Gasteiger charge is -2.49. The van der Waals surface area contributed by atoms with E-state index in [4.69, 9.17) is 9.47 Å². The fourth-order valence-electron chi connectivity index (χ4n) is 4.96. The first-order chi connectivity index (χ1) is 18.3. The van der Waals surface area contributed by atoms with Crippen LogP contribution in [0.3, 0.4) is 0 Å². The number of carbonyl (C=O) groups is 2. The minimum absolute atomic E-state index is 0.0572. The van der Waals surface area contributed by atoms with E-state index in [9.17, 15) is 18.0 Å². The summed E-state index contributed by atoms with van der Waals surface area (Å²) in [5, 5.41) is 0. The van der Waals surface area contributed by atoms with Crippen molar-refractivity contribution in [2.24, 2.45) is 0 Å². The Morgan fingerprint density at radius 2 is 1.45 bits per heavy atom. The van der Waals surface area contributed by atoms with Gasteiger partial charge in [-0.2, -0.15) is 4.31 Å². The smallest absolute Gasteiger partial charge is 0.355 e. The molecule has 3 aromatic carbocycles. The molecule has 2 aliphatic rings. The van der Waals surface area contributed by atoms with Crippen LogP contribution in [0.1, 0.15) is 34.5 Å². The van der Waals surface area contributed by atoms with Gasteiger partial charge in [-0.15, -0.1) is 0 Å². The van der Waals surface area contributed by atoms with Gasteiger partial charge in [-0.3, -0.25) is 0 Å². The first-order valence-electron chi connectivity index (χ1n) is 11.9. The van der Waals surface area contributed by atoms with E-state index in [2.05, 4.69) is 0 Å². The van der Waals surface area contributed by atoms with Crippen LogP contribution in [0.25, 0.3) is 6.08 Å². The molecule has 0 bridgehead atoms. The zero-order valence-electron chi connectivity index (χ0n) is 21.1. The highest BCUT2D eigenvalue weighted by atomic mass is 32.2. The summed E-state index contributed by atoms with van der Waals surface area (Å²) in [6.07, 6.45) is 2.37. The Morgan fingerprint density at radius 1 is 0.816 bits per heavy atom. The summed E-state index contributed by atoms with van der Waals surface area (Å²) in [4.78, 5) is 28.2. The maximum atomic E-state index is 14.5. The van der Waals surface area contributed by atoms with Crippen LogP contribution in [0.15, 0.2) is 101 Å². The van der Waals surface area contributed by atoms with Crippen molar-refractivity contribution in [1.29, 1.82) is 0 Å². The number of sulfonamides is 1. The van der Waals surface area contributed by atoms with Gasteiger partial charge in [0.2, 0.25) is 10.0 Å². The third-order valence-electron chi connectivity index (χ3n) is 6.73. The van der Waals surface area contributed by atoms with Gasteiger partial charge in [-0.25, -0.2) is 18.0 Å². The average molecular weight is 531 g/mol. The molecule has 0 radical (unpaired) electrons. The minimum atomic E-state index is -4.26. The number of rotatable bonds is 5. The number of fused-ring (bicyclic) bond motifs is 3. The Morgan fingerprint density at radius 3 is 2.11 bits per heavy atom.